The van der Waals surface area contributed by atoms with E-state index in [0.717, 1.165) is 0 Å². The van der Waals surface area contributed by atoms with Crippen LogP contribution in [0.1, 0.15) is 10.6 Å². The molecule has 0 atom stereocenters. The molecule has 0 saturated heterocycles. The number of carbonyl (C=O) groups is 2. The number of nitro benzene ring substituents is 1. The number of carbonyl (C=O) groups excluding carboxylic acids is 2. The average Bonchev–Trinajstić information content (AvgIpc) is 3.06. The fourth-order valence-electron chi connectivity index (χ4n) is 1.72. The Hall–Kier alpha value is -3.36. The van der Waals surface area contributed by atoms with Gasteiger partial charge in [-0.2, -0.15) is 0 Å². The smallest absolute Gasteiger partial charge is 0.319 e. The van der Waals surface area contributed by atoms with E-state index in [9.17, 15) is 19.7 Å². The first-order chi connectivity index (χ1) is 11.1. The van der Waals surface area contributed by atoms with E-state index in [1.165, 1.54) is 36.6 Å². The molecule has 0 bridgehead atoms. The molecule has 2 aromatic rings. The lowest BCUT2D eigenvalue weighted by molar-refractivity contribution is -0.384. The summed E-state index contributed by atoms with van der Waals surface area (Å²) in [6, 6.07) is 8.17. The summed E-state index contributed by atoms with van der Waals surface area (Å²) >= 11 is 0. The Morgan fingerprint density at radius 1 is 1.13 bits per heavy atom. The number of nitro groups is 1. The fraction of sp³-hybridized carbons (Fsp3) is 0.143. The molecule has 1 aromatic carbocycles. The summed E-state index contributed by atoms with van der Waals surface area (Å²) in [5, 5.41) is 18.2. The Bertz CT molecular complexity index is 699. The topological polar surface area (TPSA) is 127 Å². The number of non-ortho nitro benzene ring substituents is 1. The second kappa shape index (κ2) is 7.59. The van der Waals surface area contributed by atoms with Crippen LogP contribution in [0.2, 0.25) is 0 Å². The molecule has 0 aliphatic heterocycles. The van der Waals surface area contributed by atoms with Gasteiger partial charge in [-0.15, -0.1) is 0 Å². The molecule has 0 saturated carbocycles. The molecule has 120 valence electrons. The van der Waals surface area contributed by atoms with E-state index in [4.69, 9.17) is 4.42 Å². The Morgan fingerprint density at radius 2 is 1.91 bits per heavy atom. The van der Waals surface area contributed by atoms with Gasteiger partial charge in [-0.25, -0.2) is 4.79 Å². The number of hydrogen-bond acceptors (Lipinski definition) is 5. The van der Waals surface area contributed by atoms with Crippen LogP contribution in [-0.4, -0.2) is 30.0 Å². The van der Waals surface area contributed by atoms with Gasteiger partial charge in [0.1, 0.15) is 0 Å². The molecule has 1 aromatic heterocycles. The predicted octanol–water partition coefficient (Wildman–Crippen LogP) is 1.74. The average molecular weight is 318 g/mol. The number of hydrogen-bond donors (Lipinski definition) is 3. The number of benzene rings is 1. The van der Waals surface area contributed by atoms with Gasteiger partial charge in [-0.05, 0) is 18.2 Å². The molecule has 0 radical (unpaired) electrons. The number of urea groups is 1. The van der Waals surface area contributed by atoms with Crippen LogP contribution in [0, 0.1) is 10.1 Å². The minimum atomic E-state index is -0.548. The van der Waals surface area contributed by atoms with Gasteiger partial charge in [0, 0.05) is 30.9 Å². The summed E-state index contributed by atoms with van der Waals surface area (Å²) < 4.78 is 4.92. The highest BCUT2D eigenvalue weighted by molar-refractivity contribution is 5.91. The SMILES string of the molecule is O=C(NCCNC(=O)c1ccco1)Nc1cccc([N+](=O)[O-])c1. The van der Waals surface area contributed by atoms with Crippen molar-refractivity contribution in [2.45, 2.75) is 0 Å². The van der Waals surface area contributed by atoms with E-state index in [0.29, 0.717) is 5.69 Å². The highest BCUT2D eigenvalue weighted by Gasteiger charge is 2.09. The van der Waals surface area contributed by atoms with E-state index < -0.39 is 11.0 Å². The fourth-order valence-corrected chi connectivity index (χ4v) is 1.72. The minimum absolute atomic E-state index is 0.117. The summed E-state index contributed by atoms with van der Waals surface area (Å²) in [5.74, 6) is -0.193. The van der Waals surface area contributed by atoms with Crippen molar-refractivity contribution in [1.29, 1.82) is 0 Å². The summed E-state index contributed by atoms with van der Waals surface area (Å²) in [5.41, 5.74) is 0.185. The van der Waals surface area contributed by atoms with Gasteiger partial charge in [-0.3, -0.25) is 14.9 Å². The third kappa shape index (κ3) is 4.84. The molecule has 1 heterocycles. The molecule has 3 amide bonds. The zero-order valence-corrected chi connectivity index (χ0v) is 11.9. The van der Waals surface area contributed by atoms with Crippen LogP contribution in [-0.2, 0) is 0 Å². The maximum Gasteiger partial charge on any atom is 0.319 e. The van der Waals surface area contributed by atoms with Gasteiger partial charge in [0.25, 0.3) is 11.6 Å². The van der Waals surface area contributed by atoms with Crippen LogP contribution in [0.5, 0.6) is 0 Å². The van der Waals surface area contributed by atoms with Gasteiger partial charge in [0.15, 0.2) is 5.76 Å². The summed E-state index contributed by atoms with van der Waals surface area (Å²) in [6.07, 6.45) is 1.39. The van der Waals surface area contributed by atoms with Crippen molar-refractivity contribution in [3.8, 4) is 0 Å². The second-order valence-electron chi connectivity index (χ2n) is 4.42. The van der Waals surface area contributed by atoms with E-state index in [2.05, 4.69) is 16.0 Å². The molecule has 0 fully saturated rings. The van der Waals surface area contributed by atoms with Crippen molar-refractivity contribution in [3.05, 3.63) is 58.5 Å². The first-order valence-electron chi connectivity index (χ1n) is 6.67. The molecule has 9 nitrogen and oxygen atoms in total. The molecular formula is C14H14N4O5. The first-order valence-corrected chi connectivity index (χ1v) is 6.67. The van der Waals surface area contributed by atoms with Crippen LogP contribution in [0.4, 0.5) is 16.2 Å². The van der Waals surface area contributed by atoms with Gasteiger partial charge in [0.2, 0.25) is 0 Å². The second-order valence-corrected chi connectivity index (χ2v) is 4.42. The lowest BCUT2D eigenvalue weighted by atomic mass is 10.3. The number of anilines is 1. The quantitative estimate of drug-likeness (QED) is 0.425. The van der Waals surface area contributed by atoms with Crippen molar-refractivity contribution in [1.82, 2.24) is 10.6 Å². The number of nitrogens with one attached hydrogen (secondary N) is 3. The van der Waals surface area contributed by atoms with Crippen LogP contribution in [0.3, 0.4) is 0 Å². The van der Waals surface area contributed by atoms with Crippen molar-refractivity contribution >= 4 is 23.3 Å². The molecular weight excluding hydrogens is 304 g/mol. The molecule has 0 aliphatic rings. The van der Waals surface area contributed by atoms with E-state index in [1.807, 2.05) is 0 Å². The zero-order valence-electron chi connectivity index (χ0n) is 11.9. The molecule has 2 rings (SSSR count). The summed E-state index contributed by atoms with van der Waals surface area (Å²) in [6.45, 7) is 0.398. The van der Waals surface area contributed by atoms with Crippen molar-refractivity contribution < 1.29 is 18.9 Å². The van der Waals surface area contributed by atoms with Crippen LogP contribution < -0.4 is 16.0 Å². The van der Waals surface area contributed by atoms with Crippen molar-refractivity contribution in [3.63, 3.8) is 0 Å². The zero-order chi connectivity index (χ0) is 16.7. The summed E-state index contributed by atoms with van der Waals surface area (Å²) in [4.78, 5) is 33.3. The normalized spacial score (nSPS) is 9.91. The number of furan rings is 1. The third-order valence-corrected chi connectivity index (χ3v) is 2.76. The largest absolute Gasteiger partial charge is 0.459 e. The molecule has 0 spiro atoms. The highest BCUT2D eigenvalue weighted by atomic mass is 16.6. The molecule has 0 aliphatic carbocycles. The van der Waals surface area contributed by atoms with Crippen molar-refractivity contribution in [2.24, 2.45) is 0 Å². The Labute approximate surface area is 130 Å². The predicted molar refractivity (Wildman–Crippen MR) is 81.2 cm³/mol. The van der Waals surface area contributed by atoms with Gasteiger partial charge in [0.05, 0.1) is 11.2 Å². The Morgan fingerprint density at radius 3 is 2.61 bits per heavy atom. The van der Waals surface area contributed by atoms with Gasteiger partial charge >= 0.3 is 6.03 Å². The monoisotopic (exact) mass is 318 g/mol. The molecule has 0 unspecified atom stereocenters. The minimum Gasteiger partial charge on any atom is -0.459 e. The number of amides is 3. The Kier molecular flexibility index (Phi) is 5.29. The third-order valence-electron chi connectivity index (χ3n) is 2.76. The van der Waals surface area contributed by atoms with Crippen LogP contribution >= 0.6 is 0 Å². The molecule has 23 heavy (non-hydrogen) atoms. The van der Waals surface area contributed by atoms with Crippen molar-refractivity contribution in [2.75, 3.05) is 18.4 Å². The highest BCUT2D eigenvalue weighted by Crippen LogP contribution is 2.16. The van der Waals surface area contributed by atoms with Crippen LogP contribution in [0.25, 0.3) is 0 Å². The molecule has 9 heteroatoms. The lowest BCUT2D eigenvalue weighted by Gasteiger charge is -2.08. The van der Waals surface area contributed by atoms with E-state index in [1.54, 1.807) is 6.07 Å². The maximum atomic E-state index is 11.6. The lowest BCUT2D eigenvalue weighted by Crippen LogP contribution is -2.36. The van der Waals surface area contributed by atoms with Gasteiger partial charge < -0.3 is 20.4 Å². The van der Waals surface area contributed by atoms with Crippen LogP contribution in [0.15, 0.2) is 47.1 Å². The maximum absolute atomic E-state index is 11.6. The molecule has 3 N–H and O–H groups in total. The first kappa shape index (κ1) is 16.0. The van der Waals surface area contributed by atoms with E-state index in [-0.39, 0.29) is 30.4 Å². The number of nitrogens with zero attached hydrogens (tertiary/aromatic N) is 1. The summed E-state index contributed by atoms with van der Waals surface area (Å²) in [7, 11) is 0. The van der Waals surface area contributed by atoms with Gasteiger partial charge in [-0.1, -0.05) is 6.07 Å². The standard InChI is InChI=1S/C14H14N4O5/c19-13(12-5-2-8-23-12)15-6-7-16-14(20)17-10-3-1-4-11(9-10)18(21)22/h1-5,8-9H,6-7H2,(H,15,19)(H2,16,17,20). The van der Waals surface area contributed by atoms with E-state index >= 15 is 0 Å². The Balaban J connectivity index is 1.72. The number of rotatable bonds is 6.